The van der Waals surface area contributed by atoms with E-state index in [0.29, 0.717) is 6.54 Å². The van der Waals surface area contributed by atoms with Crippen molar-refractivity contribution in [2.24, 2.45) is 0 Å². The number of nitrogens with one attached hydrogen (secondary N) is 1. The van der Waals surface area contributed by atoms with Crippen LogP contribution in [0.1, 0.15) is 39.5 Å². The maximum atomic E-state index is 10.8. The van der Waals surface area contributed by atoms with Gasteiger partial charge in [-0.2, -0.15) is 0 Å². The van der Waals surface area contributed by atoms with Gasteiger partial charge in [-0.3, -0.25) is 4.90 Å². The standard InChI is InChI=1S/C12H24N2O2/c1-10-6-7-11(2)14(10)9-5-4-8-13-12(15)16-3/h10-11H,4-9H2,1-3H3,(H,13,15). The van der Waals surface area contributed by atoms with E-state index in [2.05, 4.69) is 28.8 Å². The van der Waals surface area contributed by atoms with E-state index in [1.165, 1.54) is 20.0 Å². The molecule has 1 amide bonds. The highest BCUT2D eigenvalue weighted by Crippen LogP contribution is 2.23. The lowest BCUT2D eigenvalue weighted by Crippen LogP contribution is -2.34. The van der Waals surface area contributed by atoms with E-state index in [1.54, 1.807) is 0 Å². The molecule has 1 rings (SSSR count). The minimum Gasteiger partial charge on any atom is -0.453 e. The molecule has 0 radical (unpaired) electrons. The van der Waals surface area contributed by atoms with Crippen molar-refractivity contribution in [1.29, 1.82) is 0 Å². The smallest absolute Gasteiger partial charge is 0.406 e. The van der Waals surface area contributed by atoms with Gasteiger partial charge in [0.25, 0.3) is 0 Å². The predicted molar refractivity (Wildman–Crippen MR) is 64.5 cm³/mol. The molecule has 94 valence electrons. The molecule has 1 saturated heterocycles. The van der Waals surface area contributed by atoms with Crippen molar-refractivity contribution in [3.05, 3.63) is 0 Å². The number of likely N-dealkylation sites (tertiary alicyclic amines) is 1. The Labute approximate surface area is 98.3 Å². The minimum atomic E-state index is -0.331. The van der Waals surface area contributed by atoms with E-state index in [4.69, 9.17) is 0 Å². The van der Waals surface area contributed by atoms with Crippen LogP contribution in [0.5, 0.6) is 0 Å². The molecule has 4 nitrogen and oxygen atoms in total. The van der Waals surface area contributed by atoms with E-state index in [-0.39, 0.29) is 6.09 Å². The fourth-order valence-electron chi connectivity index (χ4n) is 2.37. The van der Waals surface area contributed by atoms with Gasteiger partial charge in [0.2, 0.25) is 0 Å². The van der Waals surface area contributed by atoms with E-state index < -0.39 is 0 Å². The highest BCUT2D eigenvalue weighted by Gasteiger charge is 2.26. The SMILES string of the molecule is COC(=O)NCCCCN1C(C)CCC1C. The summed E-state index contributed by atoms with van der Waals surface area (Å²) in [7, 11) is 1.39. The first-order chi connectivity index (χ1) is 7.65. The fraction of sp³-hybridized carbons (Fsp3) is 0.917. The van der Waals surface area contributed by atoms with Gasteiger partial charge in [0, 0.05) is 18.6 Å². The van der Waals surface area contributed by atoms with Gasteiger partial charge < -0.3 is 10.1 Å². The molecular weight excluding hydrogens is 204 g/mol. The molecule has 0 aliphatic carbocycles. The normalized spacial score (nSPS) is 25.7. The Hall–Kier alpha value is -0.770. The number of unbranched alkanes of at least 4 members (excludes halogenated alkanes) is 1. The van der Waals surface area contributed by atoms with Crippen molar-refractivity contribution in [2.75, 3.05) is 20.2 Å². The molecule has 1 N–H and O–H groups in total. The molecule has 2 atom stereocenters. The van der Waals surface area contributed by atoms with Crippen molar-refractivity contribution >= 4 is 6.09 Å². The monoisotopic (exact) mass is 228 g/mol. The van der Waals surface area contributed by atoms with E-state index in [0.717, 1.165) is 31.5 Å². The molecule has 2 unspecified atom stereocenters. The second-order valence-electron chi connectivity index (χ2n) is 4.64. The number of amides is 1. The summed E-state index contributed by atoms with van der Waals surface area (Å²) in [4.78, 5) is 13.4. The fourth-order valence-corrected chi connectivity index (χ4v) is 2.37. The van der Waals surface area contributed by atoms with Crippen LogP contribution < -0.4 is 5.32 Å². The lowest BCUT2D eigenvalue weighted by atomic mass is 10.2. The van der Waals surface area contributed by atoms with Crippen LogP contribution in [0, 0.1) is 0 Å². The van der Waals surface area contributed by atoms with Crippen LogP contribution in [0.3, 0.4) is 0 Å². The zero-order valence-electron chi connectivity index (χ0n) is 10.7. The Morgan fingerprint density at radius 1 is 1.31 bits per heavy atom. The molecule has 1 aliphatic rings. The second kappa shape index (κ2) is 6.74. The lowest BCUT2D eigenvalue weighted by Gasteiger charge is -2.25. The Kier molecular flexibility index (Phi) is 5.60. The van der Waals surface area contributed by atoms with Gasteiger partial charge in [0.1, 0.15) is 0 Å². The first kappa shape index (κ1) is 13.3. The molecule has 1 aliphatic heterocycles. The number of methoxy groups -OCH3 is 1. The van der Waals surface area contributed by atoms with Crippen molar-refractivity contribution in [1.82, 2.24) is 10.2 Å². The molecule has 1 fully saturated rings. The third-order valence-electron chi connectivity index (χ3n) is 3.43. The predicted octanol–water partition coefficient (Wildman–Crippen LogP) is 2.00. The minimum absolute atomic E-state index is 0.331. The Morgan fingerprint density at radius 3 is 2.50 bits per heavy atom. The van der Waals surface area contributed by atoms with Gasteiger partial charge in [0.15, 0.2) is 0 Å². The molecule has 0 bridgehead atoms. The molecule has 0 spiro atoms. The number of alkyl carbamates (subject to hydrolysis) is 1. The molecule has 1 heterocycles. The molecule has 16 heavy (non-hydrogen) atoms. The third kappa shape index (κ3) is 4.00. The van der Waals surface area contributed by atoms with Crippen molar-refractivity contribution < 1.29 is 9.53 Å². The number of hydrogen-bond donors (Lipinski definition) is 1. The highest BCUT2D eigenvalue weighted by atomic mass is 16.5. The third-order valence-corrected chi connectivity index (χ3v) is 3.43. The molecule has 0 aromatic heterocycles. The summed E-state index contributed by atoms with van der Waals surface area (Å²) in [5.41, 5.74) is 0. The second-order valence-corrected chi connectivity index (χ2v) is 4.64. The molecule has 0 aromatic carbocycles. The topological polar surface area (TPSA) is 41.6 Å². The van der Waals surface area contributed by atoms with Crippen LogP contribution in [-0.4, -0.2) is 43.3 Å². The number of nitrogens with zero attached hydrogens (tertiary/aromatic N) is 1. The summed E-state index contributed by atoms with van der Waals surface area (Å²) in [5.74, 6) is 0. The van der Waals surface area contributed by atoms with Gasteiger partial charge in [-0.15, -0.1) is 0 Å². The zero-order chi connectivity index (χ0) is 12.0. The average molecular weight is 228 g/mol. The maximum Gasteiger partial charge on any atom is 0.406 e. The van der Waals surface area contributed by atoms with Gasteiger partial charge in [-0.05, 0) is 46.1 Å². The number of ether oxygens (including phenoxy) is 1. The Bertz CT molecular complexity index is 211. The van der Waals surface area contributed by atoms with Crippen molar-refractivity contribution in [3.63, 3.8) is 0 Å². The Balaban J connectivity index is 2.04. The van der Waals surface area contributed by atoms with E-state index >= 15 is 0 Å². The van der Waals surface area contributed by atoms with Crippen molar-refractivity contribution in [2.45, 2.75) is 51.6 Å². The van der Waals surface area contributed by atoms with Gasteiger partial charge in [-0.1, -0.05) is 0 Å². The highest BCUT2D eigenvalue weighted by molar-refractivity contribution is 5.66. The quantitative estimate of drug-likeness (QED) is 0.732. The van der Waals surface area contributed by atoms with Crippen LogP contribution in [-0.2, 0) is 4.74 Å². The number of carbonyl (C=O) groups excluding carboxylic acids is 1. The maximum absolute atomic E-state index is 10.8. The van der Waals surface area contributed by atoms with E-state index in [9.17, 15) is 4.79 Å². The summed E-state index contributed by atoms with van der Waals surface area (Å²) in [6.07, 6.45) is 4.47. The largest absolute Gasteiger partial charge is 0.453 e. The van der Waals surface area contributed by atoms with Gasteiger partial charge in [0.05, 0.1) is 7.11 Å². The summed E-state index contributed by atoms with van der Waals surface area (Å²) in [6, 6.07) is 1.45. The summed E-state index contributed by atoms with van der Waals surface area (Å²) >= 11 is 0. The van der Waals surface area contributed by atoms with Gasteiger partial charge in [-0.25, -0.2) is 4.79 Å². The van der Waals surface area contributed by atoms with Crippen LogP contribution in [0.2, 0.25) is 0 Å². The summed E-state index contributed by atoms with van der Waals surface area (Å²) < 4.78 is 4.50. The molecule has 4 heteroatoms. The summed E-state index contributed by atoms with van der Waals surface area (Å²) in [6.45, 7) is 6.46. The molecular formula is C12H24N2O2. The first-order valence-corrected chi connectivity index (χ1v) is 6.22. The molecule has 0 saturated carbocycles. The van der Waals surface area contributed by atoms with Gasteiger partial charge >= 0.3 is 6.09 Å². The zero-order valence-corrected chi connectivity index (χ0v) is 10.7. The number of hydrogen-bond acceptors (Lipinski definition) is 3. The van der Waals surface area contributed by atoms with Crippen LogP contribution in [0.25, 0.3) is 0 Å². The van der Waals surface area contributed by atoms with E-state index in [1.807, 2.05) is 0 Å². The number of carbonyl (C=O) groups is 1. The van der Waals surface area contributed by atoms with Crippen LogP contribution in [0.4, 0.5) is 4.79 Å². The van der Waals surface area contributed by atoms with Crippen LogP contribution >= 0.6 is 0 Å². The summed E-state index contributed by atoms with van der Waals surface area (Å²) in [5, 5.41) is 2.70. The van der Waals surface area contributed by atoms with Crippen LogP contribution in [0.15, 0.2) is 0 Å². The Morgan fingerprint density at radius 2 is 1.94 bits per heavy atom. The average Bonchev–Trinajstić information content (AvgIpc) is 2.59. The first-order valence-electron chi connectivity index (χ1n) is 6.22. The molecule has 0 aromatic rings. The van der Waals surface area contributed by atoms with Crippen molar-refractivity contribution in [3.8, 4) is 0 Å². The lowest BCUT2D eigenvalue weighted by molar-refractivity contribution is 0.170. The number of rotatable bonds is 5.